The highest BCUT2D eigenvalue weighted by atomic mass is 19.1. The summed E-state index contributed by atoms with van der Waals surface area (Å²) in [5, 5.41) is 7.50. The number of aromatic nitrogens is 2. The van der Waals surface area contributed by atoms with Crippen LogP contribution in [0.15, 0.2) is 84.9 Å². The van der Waals surface area contributed by atoms with Crippen LogP contribution in [0, 0.1) is 5.82 Å². The van der Waals surface area contributed by atoms with Gasteiger partial charge in [0, 0.05) is 11.6 Å². The van der Waals surface area contributed by atoms with Crippen LogP contribution in [0.5, 0.6) is 5.75 Å². The second-order valence-electron chi connectivity index (χ2n) is 6.75. The first-order chi connectivity index (χ1) is 14.6. The first-order valence-electron chi connectivity index (χ1n) is 9.46. The number of rotatable bonds is 6. The van der Waals surface area contributed by atoms with Crippen molar-refractivity contribution in [2.45, 2.75) is 6.42 Å². The van der Waals surface area contributed by atoms with Gasteiger partial charge in [-0.2, -0.15) is 5.10 Å². The van der Waals surface area contributed by atoms with Gasteiger partial charge in [-0.1, -0.05) is 48.5 Å². The second kappa shape index (κ2) is 8.61. The van der Waals surface area contributed by atoms with Gasteiger partial charge in [0.15, 0.2) is 0 Å². The minimum Gasteiger partial charge on any atom is -0.497 e. The largest absolute Gasteiger partial charge is 0.497 e. The molecule has 0 aliphatic rings. The lowest BCUT2D eigenvalue weighted by molar-refractivity contribution is -0.115. The van der Waals surface area contributed by atoms with E-state index in [1.54, 1.807) is 25.3 Å². The Bertz CT molecular complexity index is 1170. The van der Waals surface area contributed by atoms with Gasteiger partial charge in [0.1, 0.15) is 17.4 Å². The molecule has 0 atom stereocenters. The van der Waals surface area contributed by atoms with Crippen molar-refractivity contribution in [1.82, 2.24) is 9.78 Å². The number of hydrogen-bond donors (Lipinski definition) is 1. The van der Waals surface area contributed by atoms with Gasteiger partial charge < -0.3 is 10.1 Å². The van der Waals surface area contributed by atoms with Crippen molar-refractivity contribution in [3.63, 3.8) is 0 Å². The predicted octanol–water partition coefficient (Wildman–Crippen LogP) is 4.87. The fourth-order valence-electron chi connectivity index (χ4n) is 3.18. The topological polar surface area (TPSA) is 56.1 Å². The van der Waals surface area contributed by atoms with Crippen molar-refractivity contribution in [2.75, 3.05) is 12.4 Å². The molecule has 0 spiro atoms. The van der Waals surface area contributed by atoms with Crippen molar-refractivity contribution in [1.29, 1.82) is 0 Å². The molecule has 0 aliphatic heterocycles. The monoisotopic (exact) mass is 401 g/mol. The lowest BCUT2D eigenvalue weighted by Crippen LogP contribution is -2.17. The number of benzene rings is 3. The quantitative estimate of drug-likeness (QED) is 0.502. The molecular formula is C24H20FN3O2. The van der Waals surface area contributed by atoms with Gasteiger partial charge in [0.25, 0.3) is 0 Å². The first-order valence-corrected chi connectivity index (χ1v) is 9.46. The standard InChI is InChI=1S/C24H20FN3O2/c1-30-21-12-5-7-17(13-21)14-24(29)26-23-16-22(18-8-3-2-4-9-18)27-28(23)20-11-6-10-19(25)15-20/h2-13,15-16H,14H2,1H3,(H,26,29). The van der Waals surface area contributed by atoms with E-state index < -0.39 is 0 Å². The molecule has 1 aromatic heterocycles. The van der Waals surface area contributed by atoms with Crippen LogP contribution in [0.4, 0.5) is 10.2 Å². The molecule has 4 rings (SSSR count). The number of hydrogen-bond acceptors (Lipinski definition) is 3. The molecule has 0 fully saturated rings. The molecule has 0 bridgehead atoms. The van der Waals surface area contributed by atoms with E-state index in [1.165, 1.54) is 16.8 Å². The Kier molecular flexibility index (Phi) is 5.57. The summed E-state index contributed by atoms with van der Waals surface area (Å²) in [6.07, 6.45) is 0.173. The summed E-state index contributed by atoms with van der Waals surface area (Å²) >= 11 is 0. The number of methoxy groups -OCH3 is 1. The molecule has 4 aromatic rings. The van der Waals surface area contributed by atoms with Gasteiger partial charge in [-0.3, -0.25) is 4.79 Å². The zero-order valence-corrected chi connectivity index (χ0v) is 16.4. The van der Waals surface area contributed by atoms with Gasteiger partial charge in [0.05, 0.1) is 24.9 Å². The zero-order valence-electron chi connectivity index (χ0n) is 16.4. The molecule has 0 unspecified atom stereocenters. The van der Waals surface area contributed by atoms with Crippen LogP contribution in [-0.2, 0) is 11.2 Å². The summed E-state index contributed by atoms with van der Waals surface area (Å²) in [5.41, 5.74) is 2.92. The number of ether oxygens (including phenoxy) is 1. The molecular weight excluding hydrogens is 381 g/mol. The van der Waals surface area contributed by atoms with E-state index in [0.717, 1.165) is 11.1 Å². The molecule has 1 N–H and O–H groups in total. The van der Waals surface area contributed by atoms with Crippen molar-refractivity contribution in [3.8, 4) is 22.7 Å². The van der Waals surface area contributed by atoms with Crippen LogP contribution in [0.25, 0.3) is 16.9 Å². The molecule has 150 valence electrons. The Labute approximate surface area is 173 Å². The van der Waals surface area contributed by atoms with Gasteiger partial charge in [-0.05, 0) is 35.9 Å². The summed E-state index contributed by atoms with van der Waals surface area (Å²) < 4.78 is 20.5. The maximum atomic E-state index is 13.8. The average Bonchev–Trinajstić information content (AvgIpc) is 3.18. The smallest absolute Gasteiger partial charge is 0.229 e. The molecule has 30 heavy (non-hydrogen) atoms. The summed E-state index contributed by atoms with van der Waals surface area (Å²) in [6.45, 7) is 0. The van der Waals surface area contributed by atoms with Crippen LogP contribution in [-0.4, -0.2) is 22.8 Å². The predicted molar refractivity (Wildman–Crippen MR) is 114 cm³/mol. The third kappa shape index (κ3) is 4.38. The van der Waals surface area contributed by atoms with E-state index in [2.05, 4.69) is 10.4 Å². The number of carbonyl (C=O) groups excluding carboxylic acids is 1. The van der Waals surface area contributed by atoms with Crippen LogP contribution >= 0.6 is 0 Å². The van der Waals surface area contributed by atoms with Crippen LogP contribution in [0.2, 0.25) is 0 Å². The highest BCUT2D eigenvalue weighted by Gasteiger charge is 2.15. The fourth-order valence-corrected chi connectivity index (χ4v) is 3.18. The molecule has 0 saturated heterocycles. The van der Waals surface area contributed by atoms with Gasteiger partial charge in [0.2, 0.25) is 5.91 Å². The number of anilines is 1. The molecule has 0 aliphatic carbocycles. The Morgan fingerprint density at radius 3 is 2.57 bits per heavy atom. The third-order valence-corrected chi connectivity index (χ3v) is 4.60. The lowest BCUT2D eigenvalue weighted by atomic mass is 10.1. The van der Waals surface area contributed by atoms with Crippen LogP contribution < -0.4 is 10.1 Å². The molecule has 1 heterocycles. The van der Waals surface area contributed by atoms with E-state index in [-0.39, 0.29) is 18.1 Å². The summed E-state index contributed by atoms with van der Waals surface area (Å²) in [4.78, 5) is 12.7. The number of nitrogens with zero attached hydrogens (tertiary/aromatic N) is 2. The first kappa shape index (κ1) is 19.4. The van der Waals surface area contributed by atoms with Crippen molar-refractivity contribution in [2.24, 2.45) is 0 Å². The highest BCUT2D eigenvalue weighted by Crippen LogP contribution is 2.25. The second-order valence-corrected chi connectivity index (χ2v) is 6.75. The van der Waals surface area contributed by atoms with Crippen LogP contribution in [0.1, 0.15) is 5.56 Å². The normalized spacial score (nSPS) is 10.6. The molecule has 0 radical (unpaired) electrons. The van der Waals surface area contributed by atoms with Crippen molar-refractivity contribution in [3.05, 3.63) is 96.3 Å². The van der Waals surface area contributed by atoms with E-state index >= 15 is 0 Å². The molecule has 6 heteroatoms. The minimum absolute atomic E-state index is 0.173. The number of nitrogens with one attached hydrogen (secondary N) is 1. The summed E-state index contributed by atoms with van der Waals surface area (Å²) in [6, 6.07) is 24.8. The number of carbonyl (C=O) groups is 1. The highest BCUT2D eigenvalue weighted by molar-refractivity contribution is 5.92. The molecule has 1 amide bonds. The Balaban J connectivity index is 1.65. The molecule has 0 saturated carbocycles. The molecule has 3 aromatic carbocycles. The zero-order chi connectivity index (χ0) is 20.9. The van der Waals surface area contributed by atoms with Crippen molar-refractivity contribution < 1.29 is 13.9 Å². The third-order valence-electron chi connectivity index (χ3n) is 4.60. The Morgan fingerprint density at radius 1 is 1.00 bits per heavy atom. The maximum absolute atomic E-state index is 13.8. The van der Waals surface area contributed by atoms with E-state index in [9.17, 15) is 9.18 Å². The SMILES string of the molecule is COc1cccc(CC(=O)Nc2cc(-c3ccccc3)nn2-c2cccc(F)c2)c1. The Hall–Kier alpha value is -3.93. The lowest BCUT2D eigenvalue weighted by Gasteiger charge is -2.09. The van der Waals surface area contributed by atoms with Gasteiger partial charge >= 0.3 is 0 Å². The van der Waals surface area contributed by atoms with E-state index in [1.807, 2.05) is 54.6 Å². The minimum atomic E-state index is -0.377. The van der Waals surface area contributed by atoms with E-state index in [4.69, 9.17) is 4.74 Å². The number of amides is 1. The van der Waals surface area contributed by atoms with E-state index in [0.29, 0.717) is 22.9 Å². The molecule has 5 nitrogen and oxygen atoms in total. The van der Waals surface area contributed by atoms with Gasteiger partial charge in [-0.15, -0.1) is 0 Å². The maximum Gasteiger partial charge on any atom is 0.229 e. The fraction of sp³-hybridized carbons (Fsp3) is 0.0833. The van der Waals surface area contributed by atoms with Gasteiger partial charge in [-0.25, -0.2) is 9.07 Å². The number of halogens is 1. The van der Waals surface area contributed by atoms with Crippen molar-refractivity contribution >= 4 is 11.7 Å². The summed E-state index contributed by atoms with van der Waals surface area (Å²) in [7, 11) is 1.59. The Morgan fingerprint density at radius 2 is 1.80 bits per heavy atom. The summed E-state index contributed by atoms with van der Waals surface area (Å²) in [5.74, 6) is 0.571. The van der Waals surface area contributed by atoms with Crippen LogP contribution in [0.3, 0.4) is 0 Å². The average molecular weight is 401 g/mol.